The van der Waals surface area contributed by atoms with Crippen LogP contribution in [0.1, 0.15) is 30.8 Å². The maximum Gasteiger partial charge on any atom is 0.435 e. The third kappa shape index (κ3) is 3.64. The van der Waals surface area contributed by atoms with Crippen molar-refractivity contribution >= 4 is 5.97 Å². The average molecular weight is 304 g/mol. The molecule has 0 spiro atoms. The van der Waals surface area contributed by atoms with E-state index in [1.807, 2.05) is 0 Å². The standard InChI is InChI=1S/C10H10F6N2O2/c1-2-5-3-6(9(11,12)13)17-18(5)7(4-8(19)20)10(14,15)16/h3,7H,2,4H2,1H3,(H,19,20). The van der Waals surface area contributed by atoms with Gasteiger partial charge < -0.3 is 5.11 Å². The molecule has 0 aliphatic rings. The summed E-state index contributed by atoms with van der Waals surface area (Å²) >= 11 is 0. The van der Waals surface area contributed by atoms with Crippen LogP contribution in [0.3, 0.4) is 0 Å². The van der Waals surface area contributed by atoms with Gasteiger partial charge in [0.2, 0.25) is 0 Å². The van der Waals surface area contributed by atoms with Gasteiger partial charge in [0.05, 0.1) is 6.42 Å². The Kier molecular flexibility index (Phi) is 4.35. The summed E-state index contributed by atoms with van der Waals surface area (Å²) < 4.78 is 75.8. The van der Waals surface area contributed by atoms with Crippen LogP contribution in [0.15, 0.2) is 6.07 Å². The minimum Gasteiger partial charge on any atom is -0.481 e. The number of aryl methyl sites for hydroxylation is 1. The molecule has 0 radical (unpaired) electrons. The van der Waals surface area contributed by atoms with Crippen molar-refractivity contribution in [2.45, 2.75) is 38.2 Å². The van der Waals surface area contributed by atoms with Gasteiger partial charge in [-0.3, -0.25) is 9.48 Å². The van der Waals surface area contributed by atoms with E-state index in [0.29, 0.717) is 6.07 Å². The van der Waals surface area contributed by atoms with Crippen LogP contribution in [-0.4, -0.2) is 27.0 Å². The van der Waals surface area contributed by atoms with Crippen molar-refractivity contribution in [3.63, 3.8) is 0 Å². The summed E-state index contributed by atoms with van der Waals surface area (Å²) in [6.07, 6.45) is -11.4. The largest absolute Gasteiger partial charge is 0.481 e. The van der Waals surface area contributed by atoms with E-state index in [0.717, 1.165) is 0 Å². The number of rotatable bonds is 4. The van der Waals surface area contributed by atoms with Crippen LogP contribution in [0.25, 0.3) is 0 Å². The second kappa shape index (κ2) is 5.33. The van der Waals surface area contributed by atoms with Gasteiger partial charge in [0.15, 0.2) is 11.7 Å². The molecular formula is C10H10F6N2O2. The molecule has 1 aromatic rings. The van der Waals surface area contributed by atoms with Gasteiger partial charge in [-0.1, -0.05) is 6.92 Å². The summed E-state index contributed by atoms with van der Waals surface area (Å²) in [4.78, 5) is 10.5. The summed E-state index contributed by atoms with van der Waals surface area (Å²) in [5, 5.41) is 11.4. The van der Waals surface area contributed by atoms with Gasteiger partial charge in [-0.25, -0.2) is 0 Å². The van der Waals surface area contributed by atoms with Gasteiger partial charge in [0.1, 0.15) is 0 Å². The molecule has 0 amide bonds. The summed E-state index contributed by atoms with van der Waals surface area (Å²) in [6, 6.07) is -2.15. The fourth-order valence-electron chi connectivity index (χ4n) is 1.61. The Labute approximate surface area is 109 Å². The van der Waals surface area contributed by atoms with Crippen molar-refractivity contribution in [3.05, 3.63) is 17.5 Å². The molecule has 114 valence electrons. The van der Waals surface area contributed by atoms with Crippen molar-refractivity contribution < 1.29 is 36.2 Å². The minimum atomic E-state index is -5.02. The Balaban J connectivity index is 3.32. The van der Waals surface area contributed by atoms with Crippen LogP contribution in [0.5, 0.6) is 0 Å². The topological polar surface area (TPSA) is 55.1 Å². The summed E-state index contributed by atoms with van der Waals surface area (Å²) in [6.45, 7) is 1.35. The quantitative estimate of drug-likeness (QED) is 0.870. The summed E-state index contributed by atoms with van der Waals surface area (Å²) in [5.74, 6) is -1.78. The maximum atomic E-state index is 12.8. The van der Waals surface area contributed by atoms with Crippen LogP contribution in [0, 0.1) is 0 Å². The Hall–Kier alpha value is -1.74. The first kappa shape index (κ1) is 16.3. The Morgan fingerprint density at radius 1 is 1.35 bits per heavy atom. The molecule has 20 heavy (non-hydrogen) atoms. The first-order valence-corrected chi connectivity index (χ1v) is 5.41. The molecule has 0 aliphatic carbocycles. The first-order valence-electron chi connectivity index (χ1n) is 5.41. The van der Waals surface area contributed by atoms with Crippen LogP contribution in [0.4, 0.5) is 26.3 Å². The van der Waals surface area contributed by atoms with E-state index in [9.17, 15) is 31.1 Å². The smallest absolute Gasteiger partial charge is 0.435 e. The normalized spacial score (nSPS) is 14.3. The fraction of sp³-hybridized carbons (Fsp3) is 0.600. The molecule has 1 aromatic heterocycles. The van der Waals surface area contributed by atoms with Gasteiger partial charge >= 0.3 is 18.3 Å². The van der Waals surface area contributed by atoms with Crippen LogP contribution < -0.4 is 0 Å². The predicted molar refractivity (Wildman–Crippen MR) is 54.0 cm³/mol. The van der Waals surface area contributed by atoms with Crippen LogP contribution in [-0.2, 0) is 17.4 Å². The van der Waals surface area contributed by atoms with E-state index in [4.69, 9.17) is 5.11 Å². The number of hydrogen-bond acceptors (Lipinski definition) is 2. The number of carboxylic acids is 1. The zero-order valence-electron chi connectivity index (χ0n) is 10.1. The first-order chi connectivity index (χ1) is 8.96. The zero-order chi connectivity index (χ0) is 15.7. The monoisotopic (exact) mass is 304 g/mol. The van der Waals surface area contributed by atoms with E-state index in [-0.39, 0.29) is 16.8 Å². The van der Waals surface area contributed by atoms with E-state index in [1.54, 1.807) is 0 Å². The molecule has 0 aliphatic heterocycles. The lowest BCUT2D eigenvalue weighted by atomic mass is 10.2. The molecule has 0 fully saturated rings. The second-order valence-corrected chi connectivity index (χ2v) is 3.97. The van der Waals surface area contributed by atoms with E-state index in [2.05, 4.69) is 5.10 Å². The number of carboxylic acid groups (broad SMARTS) is 1. The molecule has 0 aromatic carbocycles. The minimum absolute atomic E-state index is 0.0942. The zero-order valence-corrected chi connectivity index (χ0v) is 10.1. The van der Waals surface area contributed by atoms with E-state index in [1.165, 1.54) is 6.92 Å². The average Bonchev–Trinajstić information content (AvgIpc) is 2.67. The highest BCUT2D eigenvalue weighted by Crippen LogP contribution is 2.36. The Morgan fingerprint density at radius 2 is 1.90 bits per heavy atom. The van der Waals surface area contributed by atoms with E-state index < -0.39 is 36.5 Å². The van der Waals surface area contributed by atoms with Gasteiger partial charge in [-0.15, -0.1) is 0 Å². The van der Waals surface area contributed by atoms with Gasteiger partial charge in [0.25, 0.3) is 0 Å². The molecule has 1 heterocycles. The van der Waals surface area contributed by atoms with Crippen molar-refractivity contribution in [1.29, 1.82) is 0 Å². The molecule has 10 heteroatoms. The molecule has 4 nitrogen and oxygen atoms in total. The molecular weight excluding hydrogens is 294 g/mol. The number of carbonyl (C=O) groups is 1. The molecule has 1 N–H and O–H groups in total. The fourth-order valence-corrected chi connectivity index (χ4v) is 1.61. The highest BCUT2D eigenvalue weighted by Gasteiger charge is 2.45. The third-order valence-corrected chi connectivity index (χ3v) is 2.51. The number of aliphatic carboxylic acids is 1. The lowest BCUT2D eigenvalue weighted by Gasteiger charge is -2.21. The van der Waals surface area contributed by atoms with Crippen molar-refractivity contribution in [2.24, 2.45) is 0 Å². The molecule has 0 saturated carbocycles. The highest BCUT2D eigenvalue weighted by molar-refractivity contribution is 5.67. The molecule has 1 rings (SSSR count). The second-order valence-electron chi connectivity index (χ2n) is 3.97. The van der Waals surface area contributed by atoms with E-state index >= 15 is 0 Å². The van der Waals surface area contributed by atoms with Crippen molar-refractivity contribution in [1.82, 2.24) is 9.78 Å². The maximum absolute atomic E-state index is 12.8. The van der Waals surface area contributed by atoms with Gasteiger partial charge in [-0.05, 0) is 12.5 Å². The number of hydrogen-bond donors (Lipinski definition) is 1. The SMILES string of the molecule is CCc1cc(C(F)(F)F)nn1C(CC(=O)O)C(F)(F)F. The van der Waals surface area contributed by atoms with Gasteiger partial charge in [0, 0.05) is 5.69 Å². The Morgan fingerprint density at radius 3 is 2.25 bits per heavy atom. The summed E-state index contributed by atoms with van der Waals surface area (Å²) in [7, 11) is 0. The predicted octanol–water partition coefficient (Wildman–Crippen LogP) is 3.04. The molecule has 1 unspecified atom stereocenters. The third-order valence-electron chi connectivity index (χ3n) is 2.51. The number of aromatic nitrogens is 2. The molecule has 0 saturated heterocycles. The van der Waals surface area contributed by atoms with Crippen molar-refractivity contribution in [3.8, 4) is 0 Å². The van der Waals surface area contributed by atoms with Crippen molar-refractivity contribution in [2.75, 3.05) is 0 Å². The Bertz CT molecular complexity index is 491. The number of alkyl halides is 6. The lowest BCUT2D eigenvalue weighted by molar-refractivity contribution is -0.180. The molecule has 0 bridgehead atoms. The number of halogens is 6. The lowest BCUT2D eigenvalue weighted by Crippen LogP contribution is -2.31. The van der Waals surface area contributed by atoms with Gasteiger partial charge in [-0.2, -0.15) is 31.4 Å². The molecule has 1 atom stereocenters. The van der Waals surface area contributed by atoms with Crippen LogP contribution >= 0.6 is 0 Å². The number of nitrogens with zero attached hydrogens (tertiary/aromatic N) is 2. The van der Waals surface area contributed by atoms with Crippen LogP contribution in [0.2, 0.25) is 0 Å². The summed E-state index contributed by atoms with van der Waals surface area (Å²) in [5.41, 5.74) is -1.81. The highest BCUT2D eigenvalue weighted by atomic mass is 19.4.